The standard InChI is InChI=1S/C17H20N2O6S/c1-25-17(22)12-5-8-18(9-6-12)16(21)13-3-2-4-14(11-13)19-15(20)7-10-26(19,23)24/h2-4,11-12H,5-10H2,1H3. The molecule has 0 atom stereocenters. The molecule has 3 rings (SSSR count). The number of sulfonamides is 1. The predicted molar refractivity (Wildman–Crippen MR) is 93.0 cm³/mol. The molecule has 1 aromatic carbocycles. The summed E-state index contributed by atoms with van der Waals surface area (Å²) in [5, 5.41) is 0. The van der Waals surface area contributed by atoms with Gasteiger partial charge in [0.25, 0.3) is 5.91 Å². The molecule has 2 aliphatic rings. The van der Waals surface area contributed by atoms with Crippen molar-refractivity contribution in [1.82, 2.24) is 4.90 Å². The van der Waals surface area contributed by atoms with E-state index in [1.54, 1.807) is 17.0 Å². The van der Waals surface area contributed by atoms with E-state index in [9.17, 15) is 22.8 Å². The van der Waals surface area contributed by atoms with Crippen LogP contribution in [-0.4, -0.2) is 57.1 Å². The Morgan fingerprint density at radius 2 is 1.88 bits per heavy atom. The zero-order valence-electron chi connectivity index (χ0n) is 14.4. The lowest BCUT2D eigenvalue weighted by Crippen LogP contribution is -2.40. The van der Waals surface area contributed by atoms with E-state index in [0.29, 0.717) is 31.5 Å². The van der Waals surface area contributed by atoms with Crippen LogP contribution >= 0.6 is 0 Å². The Balaban J connectivity index is 1.76. The van der Waals surface area contributed by atoms with Crippen LogP contribution in [-0.2, 0) is 24.3 Å². The summed E-state index contributed by atoms with van der Waals surface area (Å²) in [6, 6.07) is 6.08. The number of rotatable bonds is 3. The third-order valence-corrected chi connectivity index (χ3v) is 6.41. The Morgan fingerprint density at radius 3 is 2.46 bits per heavy atom. The second-order valence-corrected chi connectivity index (χ2v) is 8.30. The van der Waals surface area contributed by atoms with Gasteiger partial charge >= 0.3 is 5.97 Å². The van der Waals surface area contributed by atoms with Gasteiger partial charge in [-0.15, -0.1) is 0 Å². The Bertz CT molecular complexity index is 843. The van der Waals surface area contributed by atoms with Gasteiger partial charge in [0.05, 0.1) is 24.5 Å². The zero-order valence-corrected chi connectivity index (χ0v) is 15.2. The van der Waals surface area contributed by atoms with Crippen LogP contribution < -0.4 is 4.31 Å². The molecule has 0 unspecified atom stereocenters. The number of nitrogens with zero attached hydrogens (tertiary/aromatic N) is 2. The summed E-state index contributed by atoms with van der Waals surface area (Å²) in [5.74, 6) is -1.43. The highest BCUT2D eigenvalue weighted by Gasteiger charge is 2.36. The molecule has 2 aliphatic heterocycles. The molecule has 2 amide bonds. The van der Waals surface area contributed by atoms with Gasteiger partial charge in [-0.3, -0.25) is 14.4 Å². The summed E-state index contributed by atoms with van der Waals surface area (Å²) in [5.41, 5.74) is 0.497. The SMILES string of the molecule is COC(=O)C1CCN(C(=O)c2cccc(N3C(=O)CCS3(=O)=O)c2)CC1. The lowest BCUT2D eigenvalue weighted by Gasteiger charge is -2.31. The number of carbonyl (C=O) groups excluding carboxylic acids is 3. The third-order valence-electron chi connectivity index (χ3n) is 4.72. The number of carbonyl (C=O) groups is 3. The highest BCUT2D eigenvalue weighted by Crippen LogP contribution is 2.27. The number of ether oxygens (including phenoxy) is 1. The number of benzene rings is 1. The number of methoxy groups -OCH3 is 1. The first-order chi connectivity index (χ1) is 12.3. The highest BCUT2D eigenvalue weighted by atomic mass is 32.2. The van der Waals surface area contributed by atoms with Gasteiger partial charge in [-0.2, -0.15) is 0 Å². The van der Waals surface area contributed by atoms with Crippen molar-refractivity contribution in [3.8, 4) is 0 Å². The first-order valence-electron chi connectivity index (χ1n) is 8.36. The lowest BCUT2D eigenvalue weighted by molar-refractivity contribution is -0.146. The van der Waals surface area contributed by atoms with Gasteiger partial charge in [0.2, 0.25) is 15.9 Å². The second kappa shape index (κ2) is 7.06. The minimum absolute atomic E-state index is 0.0540. The van der Waals surface area contributed by atoms with Crippen molar-refractivity contribution < 1.29 is 27.5 Å². The first-order valence-corrected chi connectivity index (χ1v) is 9.97. The van der Waals surface area contributed by atoms with Gasteiger partial charge in [-0.25, -0.2) is 12.7 Å². The fourth-order valence-electron chi connectivity index (χ4n) is 3.30. The molecule has 0 N–H and O–H groups in total. The van der Waals surface area contributed by atoms with Crippen LogP contribution in [0.3, 0.4) is 0 Å². The van der Waals surface area contributed by atoms with E-state index in [0.717, 1.165) is 4.31 Å². The summed E-state index contributed by atoms with van der Waals surface area (Å²) in [7, 11) is -2.32. The molecule has 2 fully saturated rings. The van der Waals surface area contributed by atoms with Crippen LogP contribution in [0.25, 0.3) is 0 Å². The minimum Gasteiger partial charge on any atom is -0.469 e. The maximum Gasteiger partial charge on any atom is 0.308 e. The van der Waals surface area contributed by atoms with Crippen LogP contribution in [0.15, 0.2) is 24.3 Å². The smallest absolute Gasteiger partial charge is 0.308 e. The van der Waals surface area contributed by atoms with E-state index in [4.69, 9.17) is 4.74 Å². The zero-order chi connectivity index (χ0) is 18.9. The fourth-order valence-corrected chi connectivity index (χ4v) is 4.75. The van der Waals surface area contributed by atoms with Gasteiger partial charge in [0.1, 0.15) is 0 Å². The van der Waals surface area contributed by atoms with Crippen molar-refractivity contribution in [2.24, 2.45) is 5.92 Å². The molecular formula is C17H20N2O6S. The molecule has 0 radical (unpaired) electrons. The van der Waals surface area contributed by atoms with Crippen LogP contribution in [0, 0.1) is 5.92 Å². The summed E-state index contributed by atoms with van der Waals surface area (Å²) in [4.78, 5) is 37.8. The van der Waals surface area contributed by atoms with Crippen LogP contribution in [0.1, 0.15) is 29.6 Å². The van der Waals surface area contributed by atoms with Gasteiger partial charge in [0, 0.05) is 25.1 Å². The molecule has 1 aromatic rings. The molecule has 0 bridgehead atoms. The number of likely N-dealkylation sites (tertiary alicyclic amines) is 1. The van der Waals surface area contributed by atoms with Crippen molar-refractivity contribution in [1.29, 1.82) is 0 Å². The van der Waals surface area contributed by atoms with Gasteiger partial charge < -0.3 is 9.64 Å². The number of amides is 2. The van der Waals surface area contributed by atoms with E-state index >= 15 is 0 Å². The van der Waals surface area contributed by atoms with Crippen molar-refractivity contribution in [2.45, 2.75) is 19.3 Å². The topological polar surface area (TPSA) is 101 Å². The quantitative estimate of drug-likeness (QED) is 0.718. The molecule has 2 saturated heterocycles. The van der Waals surface area contributed by atoms with E-state index < -0.39 is 15.9 Å². The molecule has 0 saturated carbocycles. The molecule has 0 spiro atoms. The van der Waals surface area contributed by atoms with Crippen molar-refractivity contribution in [3.63, 3.8) is 0 Å². The highest BCUT2D eigenvalue weighted by molar-refractivity contribution is 7.94. The number of hydrogen-bond donors (Lipinski definition) is 0. The van der Waals surface area contributed by atoms with Gasteiger partial charge in [0.15, 0.2) is 0 Å². The maximum absolute atomic E-state index is 12.7. The average Bonchev–Trinajstić information content (AvgIpc) is 2.93. The Kier molecular flexibility index (Phi) is 4.99. The molecule has 8 nitrogen and oxygen atoms in total. The van der Waals surface area contributed by atoms with Crippen LogP contribution in [0.2, 0.25) is 0 Å². The molecule has 2 heterocycles. The van der Waals surface area contributed by atoms with Crippen LogP contribution in [0.4, 0.5) is 5.69 Å². The summed E-state index contributed by atoms with van der Waals surface area (Å²) < 4.78 is 29.6. The van der Waals surface area contributed by atoms with E-state index in [2.05, 4.69) is 0 Å². The average molecular weight is 380 g/mol. The van der Waals surface area contributed by atoms with Crippen molar-refractivity contribution in [2.75, 3.05) is 30.3 Å². The second-order valence-electron chi connectivity index (χ2n) is 6.36. The monoisotopic (exact) mass is 380 g/mol. The van der Waals surface area contributed by atoms with Crippen molar-refractivity contribution >= 4 is 33.5 Å². The Morgan fingerprint density at radius 1 is 1.19 bits per heavy atom. The van der Waals surface area contributed by atoms with Gasteiger partial charge in [-0.05, 0) is 31.0 Å². The number of hydrogen-bond acceptors (Lipinski definition) is 6. The Labute approximate surface area is 151 Å². The fraction of sp³-hybridized carbons (Fsp3) is 0.471. The summed E-state index contributed by atoms with van der Waals surface area (Å²) in [6.45, 7) is 0.841. The lowest BCUT2D eigenvalue weighted by atomic mass is 9.96. The molecule has 0 aliphatic carbocycles. The molecule has 26 heavy (non-hydrogen) atoms. The largest absolute Gasteiger partial charge is 0.469 e. The molecule has 9 heteroatoms. The van der Waals surface area contributed by atoms with E-state index in [-0.39, 0.29) is 35.7 Å². The van der Waals surface area contributed by atoms with Crippen LogP contribution in [0.5, 0.6) is 0 Å². The first kappa shape index (κ1) is 18.4. The summed E-state index contributed by atoms with van der Waals surface area (Å²) >= 11 is 0. The number of anilines is 1. The van der Waals surface area contributed by atoms with Gasteiger partial charge in [-0.1, -0.05) is 6.07 Å². The molecular weight excluding hydrogens is 360 g/mol. The minimum atomic E-state index is -3.67. The number of piperidine rings is 1. The maximum atomic E-state index is 12.7. The number of esters is 1. The van der Waals surface area contributed by atoms with Crippen molar-refractivity contribution in [3.05, 3.63) is 29.8 Å². The normalized spacial score (nSPS) is 20.3. The predicted octanol–water partition coefficient (Wildman–Crippen LogP) is 0.778. The molecule has 0 aromatic heterocycles. The van der Waals surface area contributed by atoms with E-state index in [1.165, 1.54) is 19.2 Å². The Hall–Kier alpha value is -2.42. The summed E-state index contributed by atoms with van der Waals surface area (Å²) in [6.07, 6.45) is 0.996. The van der Waals surface area contributed by atoms with E-state index in [1.807, 2.05) is 0 Å². The molecule has 140 valence electrons. The third kappa shape index (κ3) is 3.44.